The Hall–Kier alpha value is -1.08. The van der Waals surface area contributed by atoms with Crippen LogP contribution in [0.2, 0.25) is 5.15 Å². The topological polar surface area (TPSA) is 28.5 Å². The molecule has 1 aliphatic rings. The second kappa shape index (κ2) is 8.15. The molecule has 1 aromatic carbocycles. The molecule has 0 N–H and O–H groups in total. The molecule has 1 aliphatic heterocycles. The third-order valence-corrected chi connectivity index (χ3v) is 5.49. The van der Waals surface area contributed by atoms with Crippen molar-refractivity contribution in [3.63, 3.8) is 0 Å². The van der Waals surface area contributed by atoms with Crippen molar-refractivity contribution < 1.29 is 0 Å². The molecule has 118 valence electrons. The predicted octanol–water partition coefficient (Wildman–Crippen LogP) is 4.72. The number of thioether (sulfide) groups is 2. The Morgan fingerprint density at radius 3 is 2.87 bits per heavy atom. The maximum Gasteiger partial charge on any atom is 0.167 e. The number of hydrogen-bond acceptors (Lipinski definition) is 4. The fraction of sp³-hybridized carbons (Fsp3) is 0.188. The molecule has 1 fully saturated rings. The highest BCUT2D eigenvalue weighted by Gasteiger charge is 2.20. The summed E-state index contributed by atoms with van der Waals surface area (Å²) >= 11 is 14.5. The molecular weight excluding hydrogens is 366 g/mol. The van der Waals surface area contributed by atoms with Gasteiger partial charge in [-0.25, -0.2) is 9.98 Å². The molecule has 0 unspecified atom stereocenters. The van der Waals surface area contributed by atoms with Crippen LogP contribution in [-0.4, -0.2) is 31.7 Å². The minimum absolute atomic E-state index is 0.513. The zero-order valence-electron chi connectivity index (χ0n) is 12.2. The van der Waals surface area contributed by atoms with Gasteiger partial charge < -0.3 is 4.90 Å². The summed E-state index contributed by atoms with van der Waals surface area (Å²) in [5.41, 5.74) is 1.12. The Morgan fingerprint density at radius 1 is 1.30 bits per heavy atom. The van der Waals surface area contributed by atoms with Gasteiger partial charge in [-0.15, -0.1) is 0 Å². The molecule has 2 aromatic rings. The molecule has 23 heavy (non-hydrogen) atoms. The number of hydrogen-bond donors (Lipinski definition) is 0. The van der Waals surface area contributed by atoms with Gasteiger partial charge in [-0.05, 0) is 36.0 Å². The summed E-state index contributed by atoms with van der Waals surface area (Å²) in [6.45, 7) is 1.74. The lowest BCUT2D eigenvalue weighted by atomic mass is 10.3. The summed E-state index contributed by atoms with van der Waals surface area (Å²) in [6.07, 6.45) is 1.81. The molecule has 0 aliphatic carbocycles. The number of aromatic nitrogens is 1. The quantitative estimate of drug-likeness (QED) is 0.437. The van der Waals surface area contributed by atoms with Crippen LogP contribution in [0.5, 0.6) is 0 Å². The number of pyridine rings is 1. The lowest BCUT2D eigenvalue weighted by Gasteiger charge is -2.17. The van der Waals surface area contributed by atoms with Gasteiger partial charge in [-0.2, -0.15) is 0 Å². The number of thiocarbonyl (C=S) groups is 1. The van der Waals surface area contributed by atoms with Crippen molar-refractivity contribution in [2.45, 2.75) is 11.4 Å². The van der Waals surface area contributed by atoms with E-state index in [1.807, 2.05) is 42.5 Å². The van der Waals surface area contributed by atoms with E-state index in [0.717, 1.165) is 34.5 Å². The van der Waals surface area contributed by atoms with E-state index in [-0.39, 0.29) is 0 Å². The molecule has 1 saturated heterocycles. The standard InChI is InChI=1S/C16H14ClN3S3/c17-14-7-6-12(10-18-14)11-20-8-9-22-15(20)19-16(21)23-13-4-2-1-3-5-13/h1-7,10H,8-9,11H2/b19-15-. The highest BCUT2D eigenvalue weighted by atomic mass is 35.5. The predicted molar refractivity (Wildman–Crippen MR) is 104 cm³/mol. The van der Waals surface area contributed by atoms with Crippen molar-refractivity contribution in [1.82, 2.24) is 9.88 Å². The Morgan fingerprint density at radius 2 is 2.13 bits per heavy atom. The van der Waals surface area contributed by atoms with Crippen LogP contribution in [0.3, 0.4) is 0 Å². The zero-order chi connectivity index (χ0) is 16.1. The van der Waals surface area contributed by atoms with Gasteiger partial charge in [0.15, 0.2) is 9.49 Å². The van der Waals surface area contributed by atoms with Crippen LogP contribution in [0.15, 0.2) is 58.5 Å². The molecule has 0 spiro atoms. The van der Waals surface area contributed by atoms with Crippen LogP contribution < -0.4 is 0 Å². The minimum Gasteiger partial charge on any atom is -0.346 e. The lowest BCUT2D eigenvalue weighted by Crippen LogP contribution is -2.24. The molecule has 0 amide bonds. The van der Waals surface area contributed by atoms with E-state index in [2.05, 4.69) is 14.9 Å². The average molecular weight is 380 g/mol. The Labute approximate surface area is 154 Å². The van der Waals surface area contributed by atoms with Crippen LogP contribution in [0, 0.1) is 0 Å². The molecule has 3 nitrogen and oxygen atoms in total. The summed E-state index contributed by atoms with van der Waals surface area (Å²) in [5.74, 6) is 1.03. The summed E-state index contributed by atoms with van der Waals surface area (Å²) in [7, 11) is 0. The van der Waals surface area contributed by atoms with Crippen molar-refractivity contribution in [3.8, 4) is 0 Å². The van der Waals surface area contributed by atoms with Crippen molar-refractivity contribution >= 4 is 56.8 Å². The minimum atomic E-state index is 0.513. The van der Waals surface area contributed by atoms with Crippen molar-refractivity contribution in [3.05, 3.63) is 59.4 Å². The number of amidine groups is 1. The fourth-order valence-electron chi connectivity index (χ4n) is 2.09. The second-order valence-corrected chi connectivity index (χ2v) is 7.99. The van der Waals surface area contributed by atoms with Gasteiger partial charge in [0.25, 0.3) is 0 Å². The van der Waals surface area contributed by atoms with Crippen LogP contribution >= 0.6 is 47.3 Å². The van der Waals surface area contributed by atoms with Crippen molar-refractivity contribution in [1.29, 1.82) is 0 Å². The molecule has 1 aromatic heterocycles. The first-order valence-corrected chi connectivity index (χ1v) is 9.63. The maximum absolute atomic E-state index is 5.83. The Balaban J connectivity index is 1.65. The Kier molecular flexibility index (Phi) is 5.94. The van der Waals surface area contributed by atoms with E-state index < -0.39 is 0 Å². The van der Waals surface area contributed by atoms with Crippen LogP contribution in [-0.2, 0) is 6.54 Å². The van der Waals surface area contributed by atoms with Crippen LogP contribution in [0.4, 0.5) is 0 Å². The molecule has 0 bridgehead atoms. The van der Waals surface area contributed by atoms with Gasteiger partial charge in [-0.1, -0.05) is 59.4 Å². The number of halogens is 1. The van der Waals surface area contributed by atoms with E-state index in [9.17, 15) is 0 Å². The summed E-state index contributed by atoms with van der Waals surface area (Å²) in [6, 6.07) is 13.9. The van der Waals surface area contributed by atoms with Gasteiger partial charge in [0, 0.05) is 29.9 Å². The smallest absolute Gasteiger partial charge is 0.167 e. The molecule has 2 heterocycles. The largest absolute Gasteiger partial charge is 0.346 e. The van der Waals surface area contributed by atoms with Gasteiger partial charge >= 0.3 is 0 Å². The first kappa shape index (κ1) is 16.8. The van der Waals surface area contributed by atoms with E-state index in [1.54, 1.807) is 18.0 Å². The normalized spacial score (nSPS) is 16.0. The number of rotatable bonds is 3. The van der Waals surface area contributed by atoms with Crippen molar-refractivity contribution in [2.75, 3.05) is 12.3 Å². The third kappa shape index (κ3) is 4.94. The molecule has 0 saturated carbocycles. The summed E-state index contributed by atoms with van der Waals surface area (Å²) in [5, 5.41) is 1.49. The SMILES string of the molecule is S=C(/N=C1\SCCN1Cc1ccc(Cl)nc1)Sc1ccccc1. The maximum atomic E-state index is 5.83. The van der Waals surface area contributed by atoms with Gasteiger partial charge in [0.2, 0.25) is 0 Å². The fourth-order valence-corrected chi connectivity index (χ4v) is 4.31. The molecular formula is C16H14ClN3S3. The first-order valence-electron chi connectivity index (χ1n) is 7.04. The summed E-state index contributed by atoms with van der Waals surface area (Å²) < 4.78 is 0.639. The lowest BCUT2D eigenvalue weighted by molar-refractivity contribution is 0.457. The molecule has 7 heteroatoms. The van der Waals surface area contributed by atoms with Gasteiger partial charge in [-0.3, -0.25) is 0 Å². The highest BCUT2D eigenvalue weighted by Crippen LogP contribution is 2.25. The van der Waals surface area contributed by atoms with Crippen LogP contribution in [0.1, 0.15) is 5.56 Å². The molecule has 3 rings (SSSR count). The second-order valence-electron chi connectivity index (χ2n) is 4.83. The van der Waals surface area contributed by atoms with E-state index in [0.29, 0.717) is 9.47 Å². The van der Waals surface area contributed by atoms with E-state index >= 15 is 0 Å². The first-order chi connectivity index (χ1) is 11.2. The van der Waals surface area contributed by atoms with E-state index in [4.69, 9.17) is 23.8 Å². The average Bonchev–Trinajstić information content (AvgIpc) is 2.97. The van der Waals surface area contributed by atoms with Crippen LogP contribution in [0.25, 0.3) is 0 Å². The Bertz CT molecular complexity index is 704. The molecule has 0 atom stereocenters. The third-order valence-electron chi connectivity index (χ3n) is 3.16. The summed E-state index contributed by atoms with van der Waals surface area (Å²) in [4.78, 5) is 12.1. The highest BCUT2D eigenvalue weighted by molar-refractivity contribution is 8.23. The van der Waals surface area contributed by atoms with E-state index in [1.165, 1.54) is 11.8 Å². The zero-order valence-corrected chi connectivity index (χ0v) is 15.4. The van der Waals surface area contributed by atoms with Gasteiger partial charge in [0.05, 0.1) is 0 Å². The molecule has 0 radical (unpaired) electrons. The van der Waals surface area contributed by atoms with Gasteiger partial charge in [0.1, 0.15) is 5.15 Å². The number of benzene rings is 1. The number of aliphatic imine (C=N–C) groups is 1. The monoisotopic (exact) mass is 379 g/mol. The number of nitrogens with zero attached hydrogens (tertiary/aromatic N) is 3. The van der Waals surface area contributed by atoms with Crippen molar-refractivity contribution in [2.24, 2.45) is 4.99 Å².